The average Bonchev–Trinajstić information content (AvgIpc) is 2.48. The number of fused-ring (bicyclic) bond motifs is 1. The van der Waals surface area contributed by atoms with Crippen molar-refractivity contribution in [1.82, 2.24) is 5.32 Å². The van der Waals surface area contributed by atoms with Gasteiger partial charge in [-0.05, 0) is 19.3 Å². The Balaban J connectivity index is 1.91. The Morgan fingerprint density at radius 1 is 1.54 bits per heavy atom. The van der Waals surface area contributed by atoms with Gasteiger partial charge in [-0.25, -0.2) is 0 Å². The fourth-order valence-corrected chi connectivity index (χ4v) is 2.39. The minimum Gasteiger partial charge on any atom is -0.464 e. The predicted octanol–water partition coefficient (Wildman–Crippen LogP) is 1.08. The lowest BCUT2D eigenvalue weighted by Crippen LogP contribution is -2.47. The standard InChI is InChI=1S/C10H17NO2/c1-2-3-7-4-5-8-9(11-7)6-13-10(8)12/h7-9,11H,2-6H2,1H3/t7-,8-,9-/m0/s1. The Labute approximate surface area is 78.8 Å². The molecule has 0 unspecified atom stereocenters. The van der Waals surface area contributed by atoms with Crippen LogP contribution in [0.3, 0.4) is 0 Å². The Morgan fingerprint density at radius 2 is 2.38 bits per heavy atom. The van der Waals surface area contributed by atoms with Crippen LogP contribution in [0.25, 0.3) is 0 Å². The topological polar surface area (TPSA) is 38.3 Å². The van der Waals surface area contributed by atoms with Crippen molar-refractivity contribution >= 4 is 5.97 Å². The van der Waals surface area contributed by atoms with Crippen molar-refractivity contribution in [3.63, 3.8) is 0 Å². The lowest BCUT2D eigenvalue weighted by atomic mass is 9.88. The zero-order valence-corrected chi connectivity index (χ0v) is 8.08. The van der Waals surface area contributed by atoms with Gasteiger partial charge in [0.1, 0.15) is 6.61 Å². The quantitative estimate of drug-likeness (QED) is 0.651. The van der Waals surface area contributed by atoms with Crippen LogP contribution in [0.1, 0.15) is 32.6 Å². The van der Waals surface area contributed by atoms with Gasteiger partial charge in [-0.1, -0.05) is 13.3 Å². The smallest absolute Gasteiger partial charge is 0.310 e. The third-order valence-electron chi connectivity index (χ3n) is 3.11. The van der Waals surface area contributed by atoms with Crippen LogP contribution < -0.4 is 5.32 Å². The summed E-state index contributed by atoms with van der Waals surface area (Å²) in [6.07, 6.45) is 4.58. The summed E-state index contributed by atoms with van der Waals surface area (Å²) in [5.74, 6) is 0.153. The summed E-state index contributed by atoms with van der Waals surface area (Å²) >= 11 is 0. The van der Waals surface area contributed by atoms with Crippen molar-refractivity contribution in [2.45, 2.75) is 44.7 Å². The van der Waals surface area contributed by atoms with Crippen LogP contribution in [0.2, 0.25) is 0 Å². The summed E-state index contributed by atoms with van der Waals surface area (Å²) in [7, 11) is 0. The Bertz CT molecular complexity index is 205. The van der Waals surface area contributed by atoms with Gasteiger partial charge in [-0.3, -0.25) is 4.79 Å². The van der Waals surface area contributed by atoms with Gasteiger partial charge in [-0.15, -0.1) is 0 Å². The fourth-order valence-electron chi connectivity index (χ4n) is 2.39. The number of carbonyl (C=O) groups excluding carboxylic acids is 1. The lowest BCUT2D eigenvalue weighted by molar-refractivity contribution is -0.141. The van der Waals surface area contributed by atoms with E-state index in [1.165, 1.54) is 12.8 Å². The molecule has 0 aromatic carbocycles. The number of ether oxygens (including phenoxy) is 1. The van der Waals surface area contributed by atoms with E-state index in [1.807, 2.05) is 0 Å². The summed E-state index contributed by atoms with van der Waals surface area (Å²) in [6.45, 7) is 2.79. The number of nitrogens with one attached hydrogen (secondary N) is 1. The van der Waals surface area contributed by atoms with E-state index < -0.39 is 0 Å². The monoisotopic (exact) mass is 183 g/mol. The largest absolute Gasteiger partial charge is 0.464 e. The highest BCUT2D eigenvalue weighted by Gasteiger charge is 2.40. The molecule has 2 saturated heterocycles. The van der Waals surface area contributed by atoms with Crippen LogP contribution in [0.4, 0.5) is 0 Å². The minimum absolute atomic E-state index is 0.00690. The number of rotatable bonds is 2. The Morgan fingerprint density at radius 3 is 3.15 bits per heavy atom. The number of hydrogen-bond donors (Lipinski definition) is 1. The molecule has 74 valence electrons. The zero-order valence-electron chi connectivity index (χ0n) is 8.08. The van der Waals surface area contributed by atoms with E-state index in [0.717, 1.165) is 12.8 Å². The molecule has 0 radical (unpaired) electrons. The van der Waals surface area contributed by atoms with Crippen molar-refractivity contribution in [2.24, 2.45) is 5.92 Å². The van der Waals surface area contributed by atoms with Crippen molar-refractivity contribution in [3.8, 4) is 0 Å². The highest BCUT2D eigenvalue weighted by molar-refractivity contribution is 5.75. The summed E-state index contributed by atoms with van der Waals surface area (Å²) in [5.41, 5.74) is 0. The molecule has 3 heteroatoms. The maximum absolute atomic E-state index is 11.2. The molecule has 13 heavy (non-hydrogen) atoms. The molecule has 2 heterocycles. The third-order valence-corrected chi connectivity index (χ3v) is 3.11. The van der Waals surface area contributed by atoms with Gasteiger partial charge in [0, 0.05) is 6.04 Å². The van der Waals surface area contributed by atoms with Crippen LogP contribution in [0, 0.1) is 5.92 Å². The molecule has 3 nitrogen and oxygen atoms in total. The van der Waals surface area contributed by atoms with Crippen LogP contribution in [0.15, 0.2) is 0 Å². The molecule has 0 aromatic heterocycles. The van der Waals surface area contributed by atoms with Gasteiger partial charge in [0.05, 0.1) is 12.0 Å². The average molecular weight is 183 g/mol. The maximum Gasteiger partial charge on any atom is 0.310 e. The molecule has 2 fully saturated rings. The molecule has 0 bridgehead atoms. The first-order valence-corrected chi connectivity index (χ1v) is 5.24. The van der Waals surface area contributed by atoms with Gasteiger partial charge >= 0.3 is 5.97 Å². The molecule has 0 aliphatic carbocycles. The first kappa shape index (κ1) is 9.00. The summed E-state index contributed by atoms with van der Waals surface area (Å²) in [5, 5.41) is 3.50. The van der Waals surface area contributed by atoms with Crippen LogP contribution in [-0.2, 0) is 9.53 Å². The molecular weight excluding hydrogens is 166 g/mol. The summed E-state index contributed by atoms with van der Waals surface area (Å²) in [4.78, 5) is 11.2. The van der Waals surface area contributed by atoms with Gasteiger partial charge in [0.15, 0.2) is 0 Å². The van der Waals surface area contributed by atoms with E-state index in [9.17, 15) is 4.79 Å². The molecule has 0 aromatic rings. The van der Waals surface area contributed by atoms with Gasteiger partial charge in [-0.2, -0.15) is 0 Å². The number of piperidine rings is 1. The van der Waals surface area contributed by atoms with Crippen LogP contribution in [-0.4, -0.2) is 24.7 Å². The molecule has 1 N–H and O–H groups in total. The Kier molecular flexibility index (Phi) is 2.54. The molecule has 0 amide bonds. The molecule has 0 saturated carbocycles. The third kappa shape index (κ3) is 1.70. The first-order valence-electron chi connectivity index (χ1n) is 5.24. The normalized spacial score (nSPS) is 38.5. The number of cyclic esters (lactones) is 1. The van der Waals surface area contributed by atoms with Gasteiger partial charge < -0.3 is 10.1 Å². The number of esters is 1. The molecule has 2 aliphatic rings. The van der Waals surface area contributed by atoms with Gasteiger partial charge in [0.2, 0.25) is 0 Å². The van der Waals surface area contributed by atoms with Crippen molar-refractivity contribution in [2.75, 3.05) is 6.61 Å². The van der Waals surface area contributed by atoms with Crippen molar-refractivity contribution < 1.29 is 9.53 Å². The summed E-state index contributed by atoms with van der Waals surface area (Å²) in [6, 6.07) is 0.915. The maximum atomic E-state index is 11.2. The second-order valence-electron chi connectivity index (χ2n) is 4.07. The first-order chi connectivity index (χ1) is 6.31. The molecule has 2 aliphatic heterocycles. The van der Waals surface area contributed by atoms with E-state index >= 15 is 0 Å². The predicted molar refractivity (Wildman–Crippen MR) is 49.3 cm³/mol. The van der Waals surface area contributed by atoms with E-state index in [4.69, 9.17) is 4.74 Å². The molecule has 2 rings (SSSR count). The fraction of sp³-hybridized carbons (Fsp3) is 0.900. The van der Waals surface area contributed by atoms with Crippen molar-refractivity contribution in [3.05, 3.63) is 0 Å². The highest BCUT2D eigenvalue weighted by Crippen LogP contribution is 2.27. The number of carbonyl (C=O) groups is 1. The lowest BCUT2D eigenvalue weighted by Gasteiger charge is -2.30. The van der Waals surface area contributed by atoms with E-state index in [2.05, 4.69) is 12.2 Å². The second-order valence-corrected chi connectivity index (χ2v) is 4.07. The van der Waals surface area contributed by atoms with Crippen LogP contribution in [0.5, 0.6) is 0 Å². The SMILES string of the molecule is CCC[C@H]1CC[C@@H]2C(=O)OC[C@@H]2N1. The minimum atomic E-state index is 0.00690. The molecular formula is C10H17NO2. The second kappa shape index (κ2) is 3.66. The molecule has 0 spiro atoms. The summed E-state index contributed by atoms with van der Waals surface area (Å²) < 4.78 is 5.02. The Hall–Kier alpha value is -0.570. The van der Waals surface area contributed by atoms with E-state index in [0.29, 0.717) is 18.7 Å². The van der Waals surface area contributed by atoms with Gasteiger partial charge in [0.25, 0.3) is 0 Å². The molecule has 3 atom stereocenters. The van der Waals surface area contributed by atoms with E-state index in [-0.39, 0.29) is 11.9 Å². The van der Waals surface area contributed by atoms with Crippen LogP contribution >= 0.6 is 0 Å². The zero-order chi connectivity index (χ0) is 9.26. The highest BCUT2D eigenvalue weighted by atomic mass is 16.5. The van der Waals surface area contributed by atoms with Crippen molar-refractivity contribution in [1.29, 1.82) is 0 Å². The van der Waals surface area contributed by atoms with E-state index in [1.54, 1.807) is 0 Å². The number of hydrogen-bond acceptors (Lipinski definition) is 3.